The Hall–Kier alpha value is -1.95. The lowest BCUT2D eigenvalue weighted by molar-refractivity contribution is 0.153. The summed E-state index contributed by atoms with van der Waals surface area (Å²) in [5.41, 5.74) is 0.819. The zero-order chi connectivity index (χ0) is 11.5. The molecule has 2 aromatic rings. The third kappa shape index (κ3) is 1.74. The minimum Gasteiger partial charge on any atom is -0.205 e. The molecule has 0 aliphatic rings. The molecule has 0 atom stereocenters. The highest BCUT2D eigenvalue weighted by Crippen LogP contribution is 2.29. The molecule has 0 saturated carbocycles. The maximum atomic E-state index is 12.7. The maximum Gasteiger partial charge on any atom is 0.264 e. The van der Waals surface area contributed by atoms with Crippen molar-refractivity contribution in [2.24, 2.45) is 0 Å². The first-order chi connectivity index (χ1) is 7.74. The molecule has 0 aliphatic heterocycles. The maximum absolute atomic E-state index is 12.7. The third-order valence-corrected chi connectivity index (χ3v) is 2.55. The van der Waals surface area contributed by atoms with Crippen molar-refractivity contribution in [3.05, 3.63) is 47.5 Å². The quantitative estimate of drug-likeness (QED) is 0.749. The molecule has 0 N–H and O–H groups in total. The summed E-state index contributed by atoms with van der Waals surface area (Å²) in [4.78, 5) is 0. The van der Waals surface area contributed by atoms with Gasteiger partial charge in [0.15, 0.2) is 0 Å². The van der Waals surface area contributed by atoms with E-state index < -0.39 is 6.43 Å². The predicted octanol–water partition coefficient (Wildman–Crippen LogP) is 3.84. The van der Waals surface area contributed by atoms with Crippen molar-refractivity contribution in [2.45, 2.75) is 12.8 Å². The highest BCUT2D eigenvalue weighted by atomic mass is 19.3. The number of nitrogens with zero attached hydrogens (tertiary/aromatic N) is 1. The van der Waals surface area contributed by atoms with Crippen LogP contribution in [-0.4, -0.2) is 0 Å². The van der Waals surface area contributed by atoms with Crippen molar-refractivity contribution in [1.82, 2.24) is 0 Å². The molecule has 0 heterocycles. The van der Waals surface area contributed by atoms with Crippen molar-refractivity contribution in [3.63, 3.8) is 0 Å². The number of benzene rings is 2. The van der Waals surface area contributed by atoms with Crippen LogP contribution in [0.15, 0.2) is 36.4 Å². The second-order valence-corrected chi connectivity index (χ2v) is 3.50. The summed E-state index contributed by atoms with van der Waals surface area (Å²) in [6.45, 7) is 0. The molecule has 0 spiro atoms. The minimum atomic E-state index is -2.49. The number of hydrogen-bond acceptors (Lipinski definition) is 1. The largest absolute Gasteiger partial charge is 0.264 e. The summed E-state index contributed by atoms with van der Waals surface area (Å²) in [6.07, 6.45) is -2.25. The second-order valence-electron chi connectivity index (χ2n) is 3.50. The Morgan fingerprint density at radius 1 is 1.06 bits per heavy atom. The first-order valence-corrected chi connectivity index (χ1v) is 4.89. The summed E-state index contributed by atoms with van der Waals surface area (Å²) in [5, 5.41) is 9.93. The SMILES string of the molecule is N#CCc1ccc(C(F)F)c2ccccc12. The van der Waals surface area contributed by atoms with Gasteiger partial charge < -0.3 is 0 Å². The summed E-state index contributed by atoms with van der Waals surface area (Å²) < 4.78 is 25.5. The van der Waals surface area contributed by atoms with Crippen LogP contribution in [0.3, 0.4) is 0 Å². The van der Waals surface area contributed by atoms with E-state index in [9.17, 15) is 8.78 Å². The summed E-state index contributed by atoms with van der Waals surface area (Å²) >= 11 is 0. The molecule has 0 radical (unpaired) electrons. The normalized spacial score (nSPS) is 10.6. The van der Waals surface area contributed by atoms with Gasteiger partial charge in [-0.25, -0.2) is 8.78 Å². The molecule has 3 heteroatoms. The van der Waals surface area contributed by atoms with Crippen LogP contribution in [0.1, 0.15) is 17.6 Å². The fourth-order valence-corrected chi connectivity index (χ4v) is 1.81. The summed E-state index contributed by atoms with van der Waals surface area (Å²) in [6, 6.07) is 12.0. The van der Waals surface area contributed by atoms with Crippen LogP contribution in [0.2, 0.25) is 0 Å². The molecule has 0 fully saturated rings. The van der Waals surface area contributed by atoms with Crippen molar-refractivity contribution >= 4 is 10.8 Å². The van der Waals surface area contributed by atoms with Crippen LogP contribution in [-0.2, 0) is 6.42 Å². The van der Waals surface area contributed by atoms with Gasteiger partial charge in [-0.05, 0) is 16.3 Å². The van der Waals surface area contributed by atoms with Gasteiger partial charge in [0, 0.05) is 5.56 Å². The number of alkyl halides is 2. The predicted molar refractivity (Wildman–Crippen MR) is 58.2 cm³/mol. The molecule has 80 valence electrons. The highest BCUT2D eigenvalue weighted by Gasteiger charge is 2.12. The van der Waals surface area contributed by atoms with Crippen LogP contribution >= 0.6 is 0 Å². The Morgan fingerprint density at radius 2 is 1.75 bits per heavy atom. The summed E-state index contributed by atoms with van der Waals surface area (Å²) in [7, 11) is 0. The monoisotopic (exact) mass is 217 g/mol. The third-order valence-electron chi connectivity index (χ3n) is 2.55. The average molecular weight is 217 g/mol. The van der Waals surface area contributed by atoms with Gasteiger partial charge in [-0.1, -0.05) is 36.4 Å². The lowest BCUT2D eigenvalue weighted by atomic mass is 9.98. The molecule has 0 amide bonds. The Labute approximate surface area is 91.9 Å². The van der Waals surface area contributed by atoms with Crippen molar-refractivity contribution in [2.75, 3.05) is 0 Å². The number of nitriles is 1. The molecule has 0 bridgehead atoms. The van der Waals surface area contributed by atoms with E-state index in [0.717, 1.165) is 10.9 Å². The van der Waals surface area contributed by atoms with E-state index in [1.807, 2.05) is 6.07 Å². The number of hydrogen-bond donors (Lipinski definition) is 0. The van der Waals surface area contributed by atoms with Gasteiger partial charge in [0.25, 0.3) is 6.43 Å². The van der Waals surface area contributed by atoms with E-state index in [0.29, 0.717) is 5.39 Å². The van der Waals surface area contributed by atoms with Gasteiger partial charge in [-0.3, -0.25) is 0 Å². The number of fused-ring (bicyclic) bond motifs is 1. The van der Waals surface area contributed by atoms with E-state index >= 15 is 0 Å². The van der Waals surface area contributed by atoms with Gasteiger partial charge in [-0.15, -0.1) is 0 Å². The molecule has 1 nitrogen and oxygen atoms in total. The van der Waals surface area contributed by atoms with Gasteiger partial charge in [0.1, 0.15) is 0 Å². The smallest absolute Gasteiger partial charge is 0.205 e. The van der Waals surface area contributed by atoms with Crippen LogP contribution in [0.25, 0.3) is 10.8 Å². The zero-order valence-corrected chi connectivity index (χ0v) is 8.45. The van der Waals surface area contributed by atoms with Crippen LogP contribution in [0.5, 0.6) is 0 Å². The van der Waals surface area contributed by atoms with Crippen LogP contribution in [0, 0.1) is 11.3 Å². The van der Waals surface area contributed by atoms with E-state index in [2.05, 4.69) is 0 Å². The number of halogens is 2. The van der Waals surface area contributed by atoms with Gasteiger partial charge >= 0.3 is 0 Å². The Bertz CT molecular complexity index is 555. The lowest BCUT2D eigenvalue weighted by Crippen LogP contribution is -1.91. The van der Waals surface area contributed by atoms with Crippen molar-refractivity contribution in [1.29, 1.82) is 5.26 Å². The van der Waals surface area contributed by atoms with Crippen molar-refractivity contribution < 1.29 is 8.78 Å². The fourth-order valence-electron chi connectivity index (χ4n) is 1.81. The van der Waals surface area contributed by atoms with Crippen molar-refractivity contribution in [3.8, 4) is 6.07 Å². The Morgan fingerprint density at radius 3 is 2.38 bits per heavy atom. The first kappa shape index (κ1) is 10.6. The van der Waals surface area contributed by atoms with E-state index in [-0.39, 0.29) is 12.0 Å². The molecular weight excluding hydrogens is 208 g/mol. The molecular formula is C13H9F2N. The Balaban J connectivity index is 2.73. The molecule has 2 aromatic carbocycles. The Kier molecular flexibility index (Phi) is 2.82. The molecule has 16 heavy (non-hydrogen) atoms. The fraction of sp³-hybridized carbons (Fsp3) is 0.154. The molecule has 0 saturated heterocycles. The first-order valence-electron chi connectivity index (χ1n) is 4.89. The molecule has 0 unspecified atom stereocenters. The standard InChI is InChI=1S/C13H9F2N/c14-13(15)12-6-5-9(7-8-16)10-3-1-2-4-11(10)12/h1-6,13H,7H2. The zero-order valence-electron chi connectivity index (χ0n) is 8.45. The lowest BCUT2D eigenvalue weighted by Gasteiger charge is -2.08. The average Bonchev–Trinajstić information content (AvgIpc) is 2.29. The second kappa shape index (κ2) is 4.28. The summed E-state index contributed by atoms with van der Waals surface area (Å²) in [5.74, 6) is 0. The number of rotatable bonds is 2. The van der Waals surface area contributed by atoms with Gasteiger partial charge in [0.2, 0.25) is 0 Å². The van der Waals surface area contributed by atoms with Crippen LogP contribution in [0.4, 0.5) is 8.78 Å². The van der Waals surface area contributed by atoms with Gasteiger partial charge in [0.05, 0.1) is 12.5 Å². The topological polar surface area (TPSA) is 23.8 Å². The van der Waals surface area contributed by atoms with E-state index in [4.69, 9.17) is 5.26 Å². The molecule has 0 aromatic heterocycles. The van der Waals surface area contributed by atoms with Crippen LogP contribution < -0.4 is 0 Å². The van der Waals surface area contributed by atoms with Gasteiger partial charge in [-0.2, -0.15) is 5.26 Å². The van der Waals surface area contributed by atoms with E-state index in [1.165, 1.54) is 6.07 Å². The highest BCUT2D eigenvalue weighted by molar-refractivity contribution is 5.89. The molecule has 2 rings (SSSR count). The molecule has 0 aliphatic carbocycles. The van der Waals surface area contributed by atoms with E-state index in [1.54, 1.807) is 30.3 Å². The minimum absolute atomic E-state index is 0.0253.